The number of H-pyrrole nitrogens is 1. The predicted octanol–water partition coefficient (Wildman–Crippen LogP) is 5.20. The van der Waals surface area contributed by atoms with Crippen molar-refractivity contribution in [3.8, 4) is 0 Å². The van der Waals surface area contributed by atoms with Gasteiger partial charge in [0, 0.05) is 55.6 Å². The molecule has 0 aliphatic carbocycles. The molecule has 0 atom stereocenters. The topological polar surface area (TPSA) is 77.7 Å². The molecule has 4 rings (SSSR count). The molecule has 0 aliphatic heterocycles. The van der Waals surface area contributed by atoms with E-state index in [0.29, 0.717) is 19.5 Å². The number of anilines is 1. The fourth-order valence-electron chi connectivity index (χ4n) is 4.18. The van der Waals surface area contributed by atoms with E-state index >= 15 is 0 Å². The summed E-state index contributed by atoms with van der Waals surface area (Å²) in [4.78, 5) is 32.8. The van der Waals surface area contributed by atoms with Crippen LogP contribution in [0, 0.1) is 11.6 Å². The number of rotatable bonds is 11. The highest BCUT2D eigenvalue weighted by molar-refractivity contribution is 5.92. The summed E-state index contributed by atoms with van der Waals surface area (Å²) in [6.45, 7) is 0.953. The van der Waals surface area contributed by atoms with Crippen LogP contribution in [0.2, 0.25) is 0 Å². The van der Waals surface area contributed by atoms with Crippen molar-refractivity contribution in [3.63, 3.8) is 0 Å². The number of nitrogens with one attached hydrogen (secondary N) is 2. The molecule has 0 bridgehead atoms. The van der Waals surface area contributed by atoms with Crippen LogP contribution in [0.25, 0.3) is 10.9 Å². The van der Waals surface area contributed by atoms with E-state index in [0.717, 1.165) is 34.2 Å². The Morgan fingerprint density at radius 2 is 1.68 bits per heavy atom. The second kappa shape index (κ2) is 12.8. The van der Waals surface area contributed by atoms with Crippen molar-refractivity contribution < 1.29 is 23.1 Å². The molecule has 198 valence electrons. The van der Waals surface area contributed by atoms with Crippen molar-refractivity contribution in [1.29, 1.82) is 0 Å². The minimum absolute atomic E-state index is 0.0873. The summed E-state index contributed by atoms with van der Waals surface area (Å²) in [5, 5.41) is 3.64. The van der Waals surface area contributed by atoms with E-state index in [-0.39, 0.29) is 31.3 Å². The number of carbonyl (C=O) groups is 2. The molecule has 38 heavy (non-hydrogen) atoms. The molecule has 0 spiro atoms. The predicted molar refractivity (Wildman–Crippen MR) is 143 cm³/mol. The van der Waals surface area contributed by atoms with E-state index in [4.69, 9.17) is 4.74 Å². The molecule has 0 saturated carbocycles. The van der Waals surface area contributed by atoms with Gasteiger partial charge in [-0.3, -0.25) is 4.79 Å². The van der Waals surface area contributed by atoms with Gasteiger partial charge in [0.1, 0.15) is 6.54 Å². The molecule has 0 fully saturated rings. The number of hydrogen-bond acceptors (Lipinski definition) is 3. The maximum absolute atomic E-state index is 13.6. The van der Waals surface area contributed by atoms with Gasteiger partial charge in [-0.25, -0.2) is 13.6 Å². The average Bonchev–Trinajstić information content (AvgIpc) is 3.34. The van der Waals surface area contributed by atoms with Crippen molar-refractivity contribution in [2.75, 3.05) is 38.7 Å². The van der Waals surface area contributed by atoms with E-state index < -0.39 is 17.7 Å². The van der Waals surface area contributed by atoms with Crippen molar-refractivity contribution >= 4 is 28.5 Å². The molecular weight excluding hydrogens is 490 g/mol. The molecular formula is C29H30F2N4O3. The maximum Gasteiger partial charge on any atom is 0.322 e. The van der Waals surface area contributed by atoms with Crippen LogP contribution in [0.5, 0.6) is 0 Å². The fraction of sp³-hybridized carbons (Fsp3) is 0.241. The molecule has 0 aliphatic rings. The van der Waals surface area contributed by atoms with Crippen LogP contribution in [0.3, 0.4) is 0 Å². The normalized spacial score (nSPS) is 10.9. The number of amides is 3. The summed E-state index contributed by atoms with van der Waals surface area (Å²) in [5.41, 5.74) is 3.18. The van der Waals surface area contributed by atoms with Gasteiger partial charge in [-0.1, -0.05) is 48.5 Å². The lowest BCUT2D eigenvalue weighted by Crippen LogP contribution is -2.46. The van der Waals surface area contributed by atoms with Gasteiger partial charge < -0.3 is 24.8 Å². The zero-order valence-corrected chi connectivity index (χ0v) is 21.1. The third kappa shape index (κ3) is 6.95. The molecule has 4 aromatic rings. The first-order chi connectivity index (χ1) is 18.4. The zero-order valence-electron chi connectivity index (χ0n) is 21.1. The number of nitrogens with zero attached hydrogens (tertiary/aromatic N) is 2. The highest BCUT2D eigenvalue weighted by Gasteiger charge is 2.22. The summed E-state index contributed by atoms with van der Waals surface area (Å²) in [6.07, 6.45) is 2.58. The molecule has 1 aromatic heterocycles. The minimum Gasteiger partial charge on any atom is -0.383 e. The number of aromatic amines is 1. The number of fused-ring (bicyclic) bond motifs is 1. The first-order valence-electron chi connectivity index (χ1n) is 12.3. The van der Waals surface area contributed by atoms with Crippen molar-refractivity contribution in [3.05, 3.63) is 102 Å². The van der Waals surface area contributed by atoms with Crippen LogP contribution < -0.4 is 5.32 Å². The van der Waals surface area contributed by atoms with Crippen molar-refractivity contribution in [1.82, 2.24) is 14.8 Å². The van der Waals surface area contributed by atoms with E-state index in [1.165, 1.54) is 18.1 Å². The van der Waals surface area contributed by atoms with E-state index in [9.17, 15) is 18.4 Å². The highest BCUT2D eigenvalue weighted by Crippen LogP contribution is 2.19. The molecule has 7 nitrogen and oxygen atoms in total. The summed E-state index contributed by atoms with van der Waals surface area (Å²) in [6, 6.07) is 20.1. The van der Waals surface area contributed by atoms with E-state index in [1.807, 2.05) is 60.8 Å². The summed E-state index contributed by atoms with van der Waals surface area (Å²) in [7, 11) is 1.50. The van der Waals surface area contributed by atoms with Gasteiger partial charge in [-0.15, -0.1) is 0 Å². The quantitative estimate of drug-likeness (QED) is 0.286. The highest BCUT2D eigenvalue weighted by atomic mass is 19.2. The van der Waals surface area contributed by atoms with Gasteiger partial charge in [0.05, 0.1) is 6.61 Å². The van der Waals surface area contributed by atoms with Crippen molar-refractivity contribution in [2.24, 2.45) is 0 Å². The van der Waals surface area contributed by atoms with Crippen LogP contribution >= 0.6 is 0 Å². The smallest absolute Gasteiger partial charge is 0.322 e. The number of benzene rings is 3. The molecule has 2 N–H and O–H groups in total. The maximum atomic E-state index is 13.6. The Balaban J connectivity index is 1.49. The van der Waals surface area contributed by atoms with Gasteiger partial charge >= 0.3 is 6.03 Å². The Hall–Kier alpha value is -4.24. The number of urea groups is 1. The molecule has 3 amide bonds. The van der Waals surface area contributed by atoms with E-state index in [2.05, 4.69) is 10.3 Å². The van der Waals surface area contributed by atoms with E-state index in [1.54, 1.807) is 4.90 Å². The number of ether oxygens (including phenoxy) is 1. The first kappa shape index (κ1) is 26.8. The average molecular weight is 521 g/mol. The van der Waals surface area contributed by atoms with Gasteiger partial charge in [-0.05, 0) is 35.7 Å². The van der Waals surface area contributed by atoms with Crippen LogP contribution in [0.15, 0.2) is 79.0 Å². The number of methoxy groups -OCH3 is 1. The second-order valence-corrected chi connectivity index (χ2v) is 8.88. The number of para-hydroxylation sites is 1. The monoisotopic (exact) mass is 520 g/mol. The van der Waals surface area contributed by atoms with Crippen LogP contribution in [-0.2, 0) is 22.5 Å². The lowest BCUT2D eigenvalue weighted by atomic mass is 10.1. The van der Waals surface area contributed by atoms with Gasteiger partial charge in [-0.2, -0.15) is 0 Å². The van der Waals surface area contributed by atoms with Crippen LogP contribution in [0.4, 0.5) is 19.3 Å². The zero-order chi connectivity index (χ0) is 26.9. The van der Waals surface area contributed by atoms with Gasteiger partial charge in [0.2, 0.25) is 5.91 Å². The van der Waals surface area contributed by atoms with Crippen LogP contribution in [-0.4, -0.2) is 60.1 Å². The lowest BCUT2D eigenvalue weighted by Gasteiger charge is -2.28. The molecule has 0 unspecified atom stereocenters. The molecule has 3 aromatic carbocycles. The number of hydrogen-bond donors (Lipinski definition) is 2. The standard InChI is InChI=1S/C29H30F2N4O3/c1-38-16-15-35(29(37)33-23-11-12-25(30)26(31)17-23)20-28(36)34(19-21-7-3-2-4-8-21)14-13-22-18-32-27-10-6-5-9-24(22)27/h2-12,17-18,32H,13-16,19-20H2,1H3,(H,33,37). The number of halogens is 2. The van der Waals surface area contributed by atoms with Gasteiger partial charge in [0.15, 0.2) is 11.6 Å². The fourth-order valence-corrected chi connectivity index (χ4v) is 4.18. The summed E-state index contributed by atoms with van der Waals surface area (Å²) in [5.74, 6) is -2.33. The van der Waals surface area contributed by atoms with Crippen molar-refractivity contribution in [2.45, 2.75) is 13.0 Å². The lowest BCUT2D eigenvalue weighted by molar-refractivity contribution is -0.132. The van der Waals surface area contributed by atoms with Gasteiger partial charge in [0.25, 0.3) is 0 Å². The molecule has 0 saturated heterocycles. The second-order valence-electron chi connectivity index (χ2n) is 8.88. The Morgan fingerprint density at radius 3 is 2.45 bits per heavy atom. The Bertz CT molecular complexity index is 1380. The molecule has 0 radical (unpaired) electrons. The third-order valence-corrected chi connectivity index (χ3v) is 6.24. The SMILES string of the molecule is COCCN(CC(=O)N(CCc1c[nH]c2ccccc12)Cc1ccccc1)C(=O)Nc1ccc(F)c(F)c1. The Kier molecular flexibility index (Phi) is 9.05. The molecule has 9 heteroatoms. The third-order valence-electron chi connectivity index (χ3n) is 6.24. The first-order valence-corrected chi connectivity index (χ1v) is 12.3. The largest absolute Gasteiger partial charge is 0.383 e. The minimum atomic E-state index is -1.08. The number of aromatic nitrogens is 1. The summed E-state index contributed by atoms with van der Waals surface area (Å²) < 4.78 is 32.1. The Morgan fingerprint density at radius 1 is 0.921 bits per heavy atom. The number of carbonyl (C=O) groups excluding carboxylic acids is 2. The Labute approximate surface area is 220 Å². The van der Waals surface area contributed by atoms with Crippen LogP contribution in [0.1, 0.15) is 11.1 Å². The molecule has 1 heterocycles. The summed E-state index contributed by atoms with van der Waals surface area (Å²) >= 11 is 0.